The van der Waals surface area contributed by atoms with E-state index in [1.165, 1.54) is 31.2 Å². The third-order valence-electron chi connectivity index (χ3n) is 1.96. The highest BCUT2D eigenvalue weighted by Gasteiger charge is 2.34. The van der Waals surface area contributed by atoms with E-state index >= 15 is 0 Å². The Morgan fingerprint density at radius 3 is 2.31 bits per heavy atom. The first-order valence-corrected chi connectivity index (χ1v) is 3.72. The third-order valence-corrected chi connectivity index (χ3v) is 1.96. The molecule has 0 spiro atoms. The van der Waals surface area contributed by atoms with Gasteiger partial charge in [-0.05, 0) is 12.2 Å². The van der Waals surface area contributed by atoms with Crippen LogP contribution in [0.1, 0.15) is 6.92 Å². The fourth-order valence-electron chi connectivity index (χ4n) is 1.00. The summed E-state index contributed by atoms with van der Waals surface area (Å²) < 4.78 is 0. The lowest BCUT2D eigenvalue weighted by Crippen LogP contribution is -2.32. The van der Waals surface area contributed by atoms with Crippen molar-refractivity contribution in [3.8, 4) is 0 Å². The SMILES string of the molecule is CC1([N+](=O)[O-])C=CC(C(=O)O)C=C1. The lowest BCUT2D eigenvalue weighted by molar-refractivity contribution is -0.536. The van der Waals surface area contributed by atoms with Gasteiger partial charge in [0, 0.05) is 11.8 Å². The summed E-state index contributed by atoms with van der Waals surface area (Å²) in [4.78, 5) is 20.5. The van der Waals surface area contributed by atoms with Gasteiger partial charge in [-0.15, -0.1) is 0 Å². The molecule has 0 aliphatic heterocycles. The van der Waals surface area contributed by atoms with Gasteiger partial charge < -0.3 is 5.11 Å². The van der Waals surface area contributed by atoms with Crippen molar-refractivity contribution in [1.29, 1.82) is 0 Å². The molecule has 0 unspecified atom stereocenters. The maximum Gasteiger partial charge on any atom is 0.314 e. The first-order chi connectivity index (χ1) is 5.96. The lowest BCUT2D eigenvalue weighted by atomic mass is 9.92. The predicted molar refractivity (Wildman–Crippen MR) is 44.8 cm³/mol. The van der Waals surface area contributed by atoms with E-state index in [1.54, 1.807) is 0 Å². The number of carboxylic acid groups (broad SMARTS) is 1. The summed E-state index contributed by atoms with van der Waals surface area (Å²) in [6.45, 7) is 1.41. The predicted octanol–water partition coefficient (Wildman–Crippen LogP) is 0.849. The Hall–Kier alpha value is -1.65. The molecular formula is C8H9NO4. The van der Waals surface area contributed by atoms with Crippen molar-refractivity contribution in [1.82, 2.24) is 0 Å². The molecule has 0 radical (unpaired) electrons. The highest BCUT2D eigenvalue weighted by Crippen LogP contribution is 2.21. The lowest BCUT2D eigenvalue weighted by Gasteiger charge is -2.16. The number of aliphatic carboxylic acids is 1. The molecule has 0 amide bonds. The van der Waals surface area contributed by atoms with Gasteiger partial charge in [-0.2, -0.15) is 0 Å². The van der Waals surface area contributed by atoms with Crippen LogP contribution in [0, 0.1) is 16.0 Å². The highest BCUT2D eigenvalue weighted by molar-refractivity contribution is 5.75. The zero-order chi connectivity index (χ0) is 10.1. The van der Waals surface area contributed by atoms with Gasteiger partial charge in [0.25, 0.3) is 5.54 Å². The van der Waals surface area contributed by atoms with Crippen molar-refractivity contribution >= 4 is 5.97 Å². The third kappa shape index (κ3) is 1.74. The molecule has 1 N–H and O–H groups in total. The van der Waals surface area contributed by atoms with Crippen LogP contribution in [0.4, 0.5) is 0 Å². The number of hydrogen-bond acceptors (Lipinski definition) is 3. The Bertz CT molecular complexity index is 291. The van der Waals surface area contributed by atoms with E-state index in [9.17, 15) is 14.9 Å². The van der Waals surface area contributed by atoms with Gasteiger partial charge in [0.05, 0.1) is 5.92 Å². The minimum absolute atomic E-state index is 0.460. The topological polar surface area (TPSA) is 80.4 Å². The molecule has 0 heterocycles. The van der Waals surface area contributed by atoms with Crippen LogP contribution in [0.15, 0.2) is 24.3 Å². The van der Waals surface area contributed by atoms with E-state index in [1.807, 2.05) is 0 Å². The van der Waals surface area contributed by atoms with Crippen LogP contribution in [0.2, 0.25) is 0 Å². The van der Waals surface area contributed by atoms with E-state index in [4.69, 9.17) is 5.11 Å². The molecule has 0 saturated heterocycles. The molecule has 1 rings (SSSR count). The standard InChI is InChI=1S/C8H9NO4/c1-8(9(12)13)4-2-6(3-5-8)7(10)11/h2-6H,1H3,(H,10,11). The Morgan fingerprint density at radius 2 is 2.00 bits per heavy atom. The molecule has 5 heteroatoms. The molecule has 0 saturated carbocycles. The van der Waals surface area contributed by atoms with E-state index < -0.39 is 22.3 Å². The van der Waals surface area contributed by atoms with Crippen molar-refractivity contribution in [3.05, 3.63) is 34.4 Å². The minimum atomic E-state index is -1.26. The van der Waals surface area contributed by atoms with Gasteiger partial charge in [-0.25, -0.2) is 0 Å². The Kier molecular flexibility index (Phi) is 2.18. The van der Waals surface area contributed by atoms with Gasteiger partial charge >= 0.3 is 5.97 Å². The molecule has 5 nitrogen and oxygen atoms in total. The smallest absolute Gasteiger partial charge is 0.314 e. The van der Waals surface area contributed by atoms with Crippen LogP contribution in [-0.2, 0) is 4.79 Å². The molecule has 0 aromatic heterocycles. The summed E-state index contributed by atoms with van der Waals surface area (Å²) in [7, 11) is 0. The molecular weight excluding hydrogens is 174 g/mol. The van der Waals surface area contributed by atoms with Crippen LogP contribution in [-0.4, -0.2) is 21.5 Å². The fourth-order valence-corrected chi connectivity index (χ4v) is 1.00. The largest absolute Gasteiger partial charge is 0.481 e. The highest BCUT2D eigenvalue weighted by atomic mass is 16.6. The summed E-state index contributed by atoms with van der Waals surface area (Å²) in [5.74, 6) is -1.74. The normalized spacial score (nSPS) is 31.6. The van der Waals surface area contributed by atoms with Crippen molar-refractivity contribution < 1.29 is 14.8 Å². The van der Waals surface area contributed by atoms with Gasteiger partial charge in [-0.1, -0.05) is 12.2 Å². The molecule has 13 heavy (non-hydrogen) atoms. The molecule has 1 aliphatic rings. The Labute approximate surface area is 74.5 Å². The van der Waals surface area contributed by atoms with E-state index in [0.29, 0.717) is 0 Å². The van der Waals surface area contributed by atoms with Gasteiger partial charge in [0.2, 0.25) is 0 Å². The summed E-state index contributed by atoms with van der Waals surface area (Å²) in [6, 6.07) is 0. The van der Waals surface area contributed by atoms with Crippen LogP contribution >= 0.6 is 0 Å². The van der Waals surface area contributed by atoms with Crippen LogP contribution < -0.4 is 0 Å². The summed E-state index contributed by atoms with van der Waals surface area (Å²) >= 11 is 0. The first-order valence-electron chi connectivity index (χ1n) is 3.72. The minimum Gasteiger partial charge on any atom is -0.481 e. The van der Waals surface area contributed by atoms with Crippen LogP contribution in [0.5, 0.6) is 0 Å². The Morgan fingerprint density at radius 1 is 1.54 bits per heavy atom. The molecule has 0 bridgehead atoms. The van der Waals surface area contributed by atoms with E-state index in [-0.39, 0.29) is 0 Å². The zero-order valence-electron chi connectivity index (χ0n) is 7.01. The summed E-state index contributed by atoms with van der Waals surface area (Å²) in [5.41, 5.74) is -1.26. The zero-order valence-corrected chi connectivity index (χ0v) is 7.01. The monoisotopic (exact) mass is 183 g/mol. The molecule has 0 atom stereocenters. The molecule has 1 aliphatic carbocycles. The number of carbonyl (C=O) groups is 1. The number of nitrogens with zero attached hydrogens (tertiary/aromatic N) is 1. The average molecular weight is 183 g/mol. The Balaban J connectivity index is 2.85. The van der Waals surface area contributed by atoms with Gasteiger partial charge in [-0.3, -0.25) is 14.9 Å². The molecule has 70 valence electrons. The van der Waals surface area contributed by atoms with Crippen LogP contribution in [0.3, 0.4) is 0 Å². The van der Waals surface area contributed by atoms with E-state index in [2.05, 4.69) is 0 Å². The molecule has 0 fully saturated rings. The second kappa shape index (κ2) is 3.01. The average Bonchev–Trinajstić information content (AvgIpc) is 2.04. The maximum atomic E-state index is 10.5. The number of nitro groups is 1. The van der Waals surface area contributed by atoms with Crippen LogP contribution in [0.25, 0.3) is 0 Å². The maximum absolute atomic E-state index is 10.5. The number of hydrogen-bond donors (Lipinski definition) is 1. The quantitative estimate of drug-likeness (QED) is 0.391. The number of carboxylic acids is 1. The van der Waals surface area contributed by atoms with Crippen molar-refractivity contribution in [2.24, 2.45) is 5.92 Å². The summed E-state index contributed by atoms with van der Waals surface area (Å²) in [6.07, 6.45) is 5.24. The summed E-state index contributed by atoms with van der Waals surface area (Å²) in [5, 5.41) is 19.1. The second-order valence-corrected chi connectivity index (χ2v) is 3.07. The van der Waals surface area contributed by atoms with Crippen molar-refractivity contribution in [3.63, 3.8) is 0 Å². The first kappa shape index (κ1) is 9.44. The molecule has 0 aromatic rings. The number of rotatable bonds is 2. The fraction of sp³-hybridized carbons (Fsp3) is 0.375. The van der Waals surface area contributed by atoms with Crippen molar-refractivity contribution in [2.75, 3.05) is 0 Å². The van der Waals surface area contributed by atoms with Gasteiger partial charge in [0.15, 0.2) is 0 Å². The van der Waals surface area contributed by atoms with E-state index in [0.717, 1.165) is 0 Å². The van der Waals surface area contributed by atoms with Crippen molar-refractivity contribution in [2.45, 2.75) is 12.5 Å². The molecule has 0 aromatic carbocycles. The second-order valence-electron chi connectivity index (χ2n) is 3.07. The van der Waals surface area contributed by atoms with Gasteiger partial charge in [0.1, 0.15) is 0 Å².